The third-order valence-electron chi connectivity index (χ3n) is 7.56. The predicted octanol–water partition coefficient (Wildman–Crippen LogP) is 2.76. The van der Waals surface area contributed by atoms with E-state index in [9.17, 15) is 28.8 Å². The SMILES string of the molecule is C=C1COc2ccccc2C1.Cc1cnc2n(C)c(=O)[nH]c(=O)n12.O=C1CCC(=O)N1c1ccccc1.O=c1[nH][nH]c(=O)c2ccccc12. The van der Waals surface area contributed by atoms with E-state index in [0.717, 1.165) is 17.7 Å². The lowest BCUT2D eigenvalue weighted by Crippen LogP contribution is -2.33. The van der Waals surface area contributed by atoms with Gasteiger partial charge in [-0.2, -0.15) is 0 Å². The second-order valence-corrected chi connectivity index (χ2v) is 11.1. The van der Waals surface area contributed by atoms with Gasteiger partial charge in [-0.1, -0.05) is 55.1 Å². The van der Waals surface area contributed by atoms with Crippen LogP contribution in [-0.4, -0.2) is 47.6 Å². The monoisotopic (exact) mass is 663 g/mol. The number of rotatable bonds is 1. The molecule has 2 amide bonds. The van der Waals surface area contributed by atoms with Gasteiger partial charge in [-0.3, -0.25) is 43.8 Å². The Morgan fingerprint density at radius 3 is 1.96 bits per heavy atom. The highest BCUT2D eigenvalue weighted by atomic mass is 16.5. The maximum atomic E-state index is 11.3. The zero-order valence-corrected chi connectivity index (χ0v) is 26.8. The Labute approximate surface area is 277 Å². The smallest absolute Gasteiger partial charge is 0.336 e. The fourth-order valence-electron chi connectivity index (χ4n) is 5.09. The molecule has 6 aromatic rings. The summed E-state index contributed by atoms with van der Waals surface area (Å²) in [5.41, 5.74) is 2.33. The number of anilines is 1. The summed E-state index contributed by atoms with van der Waals surface area (Å²) in [6, 6.07) is 23.8. The molecule has 1 fully saturated rings. The van der Waals surface area contributed by atoms with E-state index < -0.39 is 11.4 Å². The molecule has 250 valence electrons. The number of hydrogen-bond acceptors (Lipinski definition) is 8. The molecule has 5 heterocycles. The molecule has 3 N–H and O–H groups in total. The van der Waals surface area contributed by atoms with Gasteiger partial charge in [-0.05, 0) is 48.4 Å². The zero-order valence-electron chi connectivity index (χ0n) is 26.8. The Balaban J connectivity index is 0.000000128. The summed E-state index contributed by atoms with van der Waals surface area (Å²) in [6.45, 7) is 6.32. The lowest BCUT2D eigenvalue weighted by atomic mass is 10.0. The minimum atomic E-state index is -0.455. The second kappa shape index (κ2) is 14.9. The summed E-state index contributed by atoms with van der Waals surface area (Å²) in [4.78, 5) is 74.6. The van der Waals surface area contributed by atoms with Crippen LogP contribution in [0.4, 0.5) is 5.69 Å². The first-order valence-corrected chi connectivity index (χ1v) is 15.2. The van der Waals surface area contributed by atoms with Crippen molar-refractivity contribution in [3.8, 4) is 5.75 Å². The fraction of sp³-hybridized carbons (Fsp3) is 0.171. The van der Waals surface area contributed by atoms with Crippen LogP contribution in [0.1, 0.15) is 24.1 Å². The number of imidazole rings is 1. The van der Waals surface area contributed by atoms with Crippen molar-refractivity contribution in [3.63, 3.8) is 0 Å². The maximum absolute atomic E-state index is 11.3. The number of fused-ring (bicyclic) bond motifs is 3. The van der Waals surface area contributed by atoms with Gasteiger partial charge in [0.2, 0.25) is 17.6 Å². The largest absolute Gasteiger partial charge is 0.489 e. The Bertz CT molecular complexity index is 2340. The van der Waals surface area contributed by atoms with E-state index >= 15 is 0 Å². The molecule has 0 radical (unpaired) electrons. The number of benzene rings is 3. The second-order valence-electron chi connectivity index (χ2n) is 11.1. The summed E-state index contributed by atoms with van der Waals surface area (Å²) in [7, 11) is 1.56. The van der Waals surface area contributed by atoms with E-state index in [1.807, 2.05) is 36.4 Å². The van der Waals surface area contributed by atoms with Gasteiger partial charge in [0.15, 0.2) is 0 Å². The number of aromatic amines is 3. The molecular weight excluding hydrogens is 630 g/mol. The van der Waals surface area contributed by atoms with Gasteiger partial charge >= 0.3 is 11.4 Å². The van der Waals surface area contributed by atoms with E-state index in [2.05, 4.69) is 32.8 Å². The highest BCUT2D eigenvalue weighted by molar-refractivity contribution is 6.19. The van der Waals surface area contributed by atoms with Crippen LogP contribution in [0.3, 0.4) is 0 Å². The van der Waals surface area contributed by atoms with Crippen molar-refractivity contribution in [3.05, 3.63) is 150 Å². The summed E-state index contributed by atoms with van der Waals surface area (Å²) < 4.78 is 8.07. The highest BCUT2D eigenvalue weighted by Gasteiger charge is 2.29. The first-order chi connectivity index (χ1) is 23.5. The van der Waals surface area contributed by atoms with Crippen molar-refractivity contribution in [2.45, 2.75) is 26.2 Å². The number of hydrogen-bond donors (Lipinski definition) is 3. The van der Waals surface area contributed by atoms with Crippen LogP contribution < -0.4 is 32.1 Å². The minimum Gasteiger partial charge on any atom is -0.489 e. The van der Waals surface area contributed by atoms with Gasteiger partial charge in [-0.25, -0.2) is 19.0 Å². The molecule has 8 rings (SSSR count). The molecule has 3 aromatic carbocycles. The molecule has 0 atom stereocenters. The molecular formula is C35H33N7O7. The van der Waals surface area contributed by atoms with Crippen LogP contribution in [0.15, 0.2) is 116 Å². The van der Waals surface area contributed by atoms with E-state index in [1.165, 1.54) is 19.4 Å². The summed E-state index contributed by atoms with van der Waals surface area (Å²) >= 11 is 0. The van der Waals surface area contributed by atoms with Crippen molar-refractivity contribution < 1.29 is 14.3 Å². The number of carbonyl (C=O) groups excluding carboxylic acids is 2. The third-order valence-corrected chi connectivity index (χ3v) is 7.56. The van der Waals surface area contributed by atoms with E-state index in [0.29, 0.717) is 47.4 Å². The van der Waals surface area contributed by atoms with Crippen LogP contribution in [0, 0.1) is 6.92 Å². The number of amides is 2. The topological polar surface area (TPSA) is 184 Å². The van der Waals surface area contributed by atoms with Crippen molar-refractivity contribution in [2.24, 2.45) is 7.05 Å². The summed E-state index contributed by atoms with van der Waals surface area (Å²) in [6.07, 6.45) is 3.20. The van der Waals surface area contributed by atoms with Crippen molar-refractivity contribution in [1.82, 2.24) is 29.1 Å². The molecule has 0 spiro atoms. The average Bonchev–Trinajstić information content (AvgIpc) is 3.67. The number of H-pyrrole nitrogens is 3. The van der Waals surface area contributed by atoms with E-state index in [4.69, 9.17) is 4.74 Å². The van der Waals surface area contributed by atoms with Gasteiger partial charge in [-0.15, -0.1) is 0 Å². The number of aryl methyl sites for hydroxylation is 2. The van der Waals surface area contributed by atoms with Gasteiger partial charge < -0.3 is 4.74 Å². The summed E-state index contributed by atoms with van der Waals surface area (Å²) in [5.74, 6) is 1.17. The number of imide groups is 1. The molecule has 0 saturated carbocycles. The Morgan fingerprint density at radius 2 is 1.33 bits per heavy atom. The Kier molecular flexibility index (Phi) is 10.3. The zero-order chi connectivity index (χ0) is 35.1. The van der Waals surface area contributed by atoms with Gasteiger partial charge in [0.25, 0.3) is 11.1 Å². The Hall–Kier alpha value is -6.57. The lowest BCUT2D eigenvalue weighted by Gasteiger charge is -2.18. The number of nitrogens with zero attached hydrogens (tertiary/aromatic N) is 4. The molecule has 0 aliphatic carbocycles. The van der Waals surface area contributed by atoms with Crippen LogP contribution in [0.25, 0.3) is 16.6 Å². The lowest BCUT2D eigenvalue weighted by molar-refractivity contribution is -0.121. The van der Waals surface area contributed by atoms with Crippen LogP contribution >= 0.6 is 0 Å². The molecule has 1 saturated heterocycles. The maximum Gasteiger partial charge on any atom is 0.336 e. The minimum absolute atomic E-state index is 0.101. The van der Waals surface area contributed by atoms with Gasteiger partial charge in [0, 0.05) is 32.0 Å². The number of nitrogens with one attached hydrogen (secondary N) is 3. The van der Waals surface area contributed by atoms with Crippen molar-refractivity contribution >= 4 is 34.1 Å². The van der Waals surface area contributed by atoms with Crippen LogP contribution in [-0.2, 0) is 23.1 Å². The number of ether oxygens (including phenoxy) is 1. The van der Waals surface area contributed by atoms with Crippen LogP contribution in [0.2, 0.25) is 0 Å². The molecule has 3 aromatic heterocycles. The molecule has 2 aliphatic rings. The quantitative estimate of drug-likeness (QED) is 0.177. The number of para-hydroxylation sites is 2. The predicted molar refractivity (Wildman–Crippen MR) is 184 cm³/mol. The number of carbonyl (C=O) groups is 2. The van der Waals surface area contributed by atoms with E-state index in [-0.39, 0.29) is 22.9 Å². The van der Waals surface area contributed by atoms with Crippen molar-refractivity contribution in [2.75, 3.05) is 11.5 Å². The standard InChI is InChI=1S/C10H9NO2.C10H10O.C8H6N2O2.C7H8N4O2/c12-9-6-7-10(13)11(9)8-4-2-1-3-5-8;1-8-6-9-4-2-3-5-10(9)11-7-8;11-7-5-3-1-2-4-6(5)8(12)10-9-7;1-4-3-8-5-10(2)6(12)9-7(13)11(4)5/h1-5H,6-7H2;2-5H,1,6-7H2;1-4H,(H,9,11)(H,10,12);3H,1-2H3,(H,9,12,13). The normalized spacial score (nSPS) is 13.3. The highest BCUT2D eigenvalue weighted by Crippen LogP contribution is 2.25. The van der Waals surface area contributed by atoms with Gasteiger partial charge in [0.05, 0.1) is 22.7 Å². The first-order valence-electron chi connectivity index (χ1n) is 15.2. The van der Waals surface area contributed by atoms with Crippen molar-refractivity contribution in [1.29, 1.82) is 0 Å². The molecule has 14 nitrogen and oxygen atoms in total. The van der Waals surface area contributed by atoms with E-state index in [1.54, 1.807) is 56.6 Å². The number of aromatic nitrogens is 6. The fourth-order valence-corrected chi connectivity index (χ4v) is 5.09. The molecule has 49 heavy (non-hydrogen) atoms. The van der Waals surface area contributed by atoms with Crippen LogP contribution in [0.5, 0.6) is 5.75 Å². The Morgan fingerprint density at radius 1 is 0.755 bits per heavy atom. The van der Waals surface area contributed by atoms with Gasteiger partial charge in [0.1, 0.15) is 12.4 Å². The molecule has 0 unspecified atom stereocenters. The molecule has 0 bridgehead atoms. The average molecular weight is 664 g/mol. The third kappa shape index (κ3) is 7.71. The first kappa shape index (κ1) is 33.8. The molecule has 2 aliphatic heterocycles. The molecule has 14 heteroatoms. The summed E-state index contributed by atoms with van der Waals surface area (Å²) in [5, 5.41) is 5.33.